The van der Waals surface area contributed by atoms with Crippen LogP contribution in [0.5, 0.6) is 0 Å². The van der Waals surface area contributed by atoms with Crippen LogP contribution < -0.4 is 5.32 Å². The molecule has 0 aliphatic heterocycles. The topological polar surface area (TPSA) is 71.2 Å². The third kappa shape index (κ3) is 2.92. The Hall–Kier alpha value is -2.40. The van der Waals surface area contributed by atoms with E-state index < -0.39 is 0 Å². The van der Waals surface area contributed by atoms with Gasteiger partial charge in [-0.1, -0.05) is 30.3 Å². The molecule has 2 aromatic heterocycles. The zero-order valence-corrected chi connectivity index (χ0v) is 12.8. The number of hydrogen-bond donors (Lipinski definition) is 2. The largest absolute Gasteiger partial charge is 0.438 e. The monoisotopic (exact) mass is 309 g/mol. The Labute approximate surface area is 134 Å². The fraction of sp³-hybridized carbons (Fsp3) is 0.333. The Bertz CT molecular complexity index is 800. The minimum Gasteiger partial charge on any atom is -0.438 e. The molecule has 118 valence electrons. The maximum Gasteiger partial charge on any atom is 0.231 e. The molecule has 0 bridgehead atoms. The first-order chi connectivity index (χ1) is 11.3. The molecule has 5 heteroatoms. The lowest BCUT2D eigenvalue weighted by molar-refractivity contribution is 0.124. The number of aromatic nitrogens is 2. The Kier molecular flexibility index (Phi) is 3.71. The van der Waals surface area contributed by atoms with E-state index in [9.17, 15) is 5.11 Å². The molecule has 0 spiro atoms. The molecule has 2 heterocycles. The van der Waals surface area contributed by atoms with Crippen LogP contribution in [0, 0.1) is 0 Å². The van der Waals surface area contributed by atoms with Crippen LogP contribution >= 0.6 is 0 Å². The van der Waals surface area contributed by atoms with Crippen LogP contribution in [0.25, 0.3) is 22.4 Å². The second kappa shape index (κ2) is 6.01. The minimum absolute atomic E-state index is 0.220. The highest BCUT2D eigenvalue weighted by molar-refractivity contribution is 5.89. The van der Waals surface area contributed by atoms with Crippen molar-refractivity contribution in [1.82, 2.24) is 9.97 Å². The Balaban J connectivity index is 1.66. The standard InChI is InChI=1S/C18H19N3O2/c22-14-8-4-7-13(9-14)21-17-15-10-16(12-5-2-1-3-6-12)23-18(15)20-11-19-17/h1-3,5-6,10-11,13-14,22H,4,7-9H2,(H,19,20,21)/t13-,14+/m1/s1. The Morgan fingerprint density at radius 1 is 1.13 bits per heavy atom. The summed E-state index contributed by atoms with van der Waals surface area (Å²) in [6, 6.07) is 12.2. The van der Waals surface area contributed by atoms with Crippen LogP contribution in [0.2, 0.25) is 0 Å². The van der Waals surface area contributed by atoms with E-state index in [1.807, 2.05) is 36.4 Å². The molecule has 1 fully saturated rings. The highest BCUT2D eigenvalue weighted by Crippen LogP contribution is 2.31. The van der Waals surface area contributed by atoms with E-state index in [2.05, 4.69) is 15.3 Å². The van der Waals surface area contributed by atoms with Gasteiger partial charge in [-0.25, -0.2) is 9.97 Å². The molecule has 0 amide bonds. The first-order valence-electron chi connectivity index (χ1n) is 8.04. The minimum atomic E-state index is -0.220. The van der Waals surface area contributed by atoms with Crippen molar-refractivity contribution in [3.05, 3.63) is 42.7 Å². The fourth-order valence-electron chi connectivity index (χ4n) is 3.20. The van der Waals surface area contributed by atoms with Gasteiger partial charge in [0.15, 0.2) is 0 Å². The van der Waals surface area contributed by atoms with Crippen molar-refractivity contribution in [2.24, 2.45) is 0 Å². The number of hydrogen-bond acceptors (Lipinski definition) is 5. The first kappa shape index (κ1) is 14.2. The van der Waals surface area contributed by atoms with Gasteiger partial charge < -0.3 is 14.8 Å². The molecule has 1 aliphatic carbocycles. The van der Waals surface area contributed by atoms with Crippen LogP contribution in [-0.4, -0.2) is 27.2 Å². The number of aliphatic hydroxyl groups is 1. The van der Waals surface area contributed by atoms with E-state index in [4.69, 9.17) is 4.42 Å². The summed E-state index contributed by atoms with van der Waals surface area (Å²) in [5.41, 5.74) is 1.60. The van der Waals surface area contributed by atoms with Gasteiger partial charge in [0.1, 0.15) is 17.9 Å². The number of benzene rings is 1. The van der Waals surface area contributed by atoms with Gasteiger partial charge in [-0.05, 0) is 31.7 Å². The summed E-state index contributed by atoms with van der Waals surface area (Å²) in [7, 11) is 0. The van der Waals surface area contributed by atoms with Gasteiger partial charge in [0, 0.05) is 11.6 Å². The molecule has 23 heavy (non-hydrogen) atoms. The maximum absolute atomic E-state index is 9.83. The van der Waals surface area contributed by atoms with Crippen molar-refractivity contribution in [3.8, 4) is 11.3 Å². The van der Waals surface area contributed by atoms with Crippen LogP contribution in [0.1, 0.15) is 25.7 Å². The summed E-state index contributed by atoms with van der Waals surface area (Å²) >= 11 is 0. The lowest BCUT2D eigenvalue weighted by Gasteiger charge is -2.27. The van der Waals surface area contributed by atoms with Crippen LogP contribution in [0.15, 0.2) is 47.1 Å². The molecule has 3 aromatic rings. The highest BCUT2D eigenvalue weighted by atomic mass is 16.3. The van der Waals surface area contributed by atoms with E-state index in [0.717, 1.165) is 48.2 Å². The lowest BCUT2D eigenvalue weighted by Crippen LogP contribution is -2.30. The predicted molar refractivity (Wildman–Crippen MR) is 89.1 cm³/mol. The zero-order valence-electron chi connectivity index (χ0n) is 12.8. The number of rotatable bonds is 3. The van der Waals surface area contributed by atoms with Crippen molar-refractivity contribution >= 4 is 16.9 Å². The number of fused-ring (bicyclic) bond motifs is 1. The van der Waals surface area contributed by atoms with Crippen molar-refractivity contribution in [2.45, 2.75) is 37.8 Å². The molecule has 1 aromatic carbocycles. The average Bonchev–Trinajstić information content (AvgIpc) is 3.01. The number of nitrogens with one attached hydrogen (secondary N) is 1. The maximum atomic E-state index is 9.83. The van der Waals surface area contributed by atoms with Gasteiger partial charge in [0.25, 0.3) is 0 Å². The van der Waals surface area contributed by atoms with E-state index >= 15 is 0 Å². The molecule has 5 nitrogen and oxygen atoms in total. The average molecular weight is 309 g/mol. The summed E-state index contributed by atoms with van der Waals surface area (Å²) in [5, 5.41) is 14.2. The second-order valence-electron chi connectivity index (χ2n) is 6.08. The molecule has 2 atom stereocenters. The number of nitrogens with zero attached hydrogens (tertiary/aromatic N) is 2. The molecule has 0 saturated heterocycles. The Morgan fingerprint density at radius 3 is 2.83 bits per heavy atom. The predicted octanol–water partition coefficient (Wildman–Crippen LogP) is 3.61. The van der Waals surface area contributed by atoms with E-state index in [0.29, 0.717) is 5.71 Å². The summed E-state index contributed by atoms with van der Waals surface area (Å²) in [6.07, 6.45) is 5.03. The SMILES string of the molecule is O[C@H]1CCC[C@@H](Nc2ncnc3oc(-c4ccccc4)cc23)C1. The van der Waals surface area contributed by atoms with Crippen molar-refractivity contribution in [3.63, 3.8) is 0 Å². The number of anilines is 1. The van der Waals surface area contributed by atoms with Gasteiger partial charge in [-0.3, -0.25) is 0 Å². The summed E-state index contributed by atoms with van der Waals surface area (Å²) in [5.74, 6) is 1.56. The zero-order chi connectivity index (χ0) is 15.6. The van der Waals surface area contributed by atoms with E-state index in [1.165, 1.54) is 6.33 Å². The van der Waals surface area contributed by atoms with Crippen molar-refractivity contribution < 1.29 is 9.52 Å². The van der Waals surface area contributed by atoms with E-state index in [-0.39, 0.29) is 12.1 Å². The molecule has 0 radical (unpaired) electrons. The fourth-order valence-corrected chi connectivity index (χ4v) is 3.20. The third-order valence-electron chi connectivity index (χ3n) is 4.38. The van der Waals surface area contributed by atoms with Gasteiger partial charge in [0.05, 0.1) is 11.5 Å². The van der Waals surface area contributed by atoms with Crippen molar-refractivity contribution in [1.29, 1.82) is 0 Å². The third-order valence-corrected chi connectivity index (χ3v) is 4.38. The lowest BCUT2D eigenvalue weighted by atomic mass is 9.93. The van der Waals surface area contributed by atoms with Gasteiger partial charge in [-0.15, -0.1) is 0 Å². The summed E-state index contributed by atoms with van der Waals surface area (Å²) < 4.78 is 5.86. The summed E-state index contributed by atoms with van der Waals surface area (Å²) in [4.78, 5) is 8.60. The normalized spacial score (nSPS) is 21.4. The van der Waals surface area contributed by atoms with Crippen molar-refractivity contribution in [2.75, 3.05) is 5.32 Å². The smallest absolute Gasteiger partial charge is 0.231 e. The van der Waals surface area contributed by atoms with Crippen LogP contribution in [0.3, 0.4) is 0 Å². The second-order valence-corrected chi connectivity index (χ2v) is 6.08. The molecular weight excluding hydrogens is 290 g/mol. The van der Waals surface area contributed by atoms with E-state index in [1.54, 1.807) is 0 Å². The number of furan rings is 1. The van der Waals surface area contributed by atoms with Crippen LogP contribution in [0.4, 0.5) is 5.82 Å². The molecule has 0 unspecified atom stereocenters. The molecule has 2 N–H and O–H groups in total. The highest BCUT2D eigenvalue weighted by Gasteiger charge is 2.21. The van der Waals surface area contributed by atoms with Gasteiger partial charge >= 0.3 is 0 Å². The first-order valence-corrected chi connectivity index (χ1v) is 8.04. The van der Waals surface area contributed by atoms with Gasteiger partial charge in [-0.2, -0.15) is 0 Å². The molecule has 4 rings (SSSR count). The molecule has 1 saturated carbocycles. The summed E-state index contributed by atoms with van der Waals surface area (Å²) in [6.45, 7) is 0. The van der Waals surface area contributed by atoms with Crippen LogP contribution in [-0.2, 0) is 0 Å². The number of aliphatic hydroxyl groups excluding tert-OH is 1. The Morgan fingerprint density at radius 2 is 2.00 bits per heavy atom. The van der Waals surface area contributed by atoms with Gasteiger partial charge in [0.2, 0.25) is 5.71 Å². The molecular formula is C18H19N3O2. The quantitative estimate of drug-likeness (QED) is 0.773. The molecule has 1 aliphatic rings.